The molecule has 1 aliphatic carbocycles. The van der Waals surface area contributed by atoms with E-state index < -0.39 is 16.4 Å². The molecule has 0 fully saturated rings. The van der Waals surface area contributed by atoms with E-state index in [1.807, 2.05) is 0 Å². The minimum Gasteiger partial charge on any atom is -0.502 e. The van der Waals surface area contributed by atoms with Gasteiger partial charge in [0.2, 0.25) is 15.8 Å². The zero-order chi connectivity index (χ0) is 20.3. The number of aromatic nitrogens is 4. The number of aromatic hydroxyl groups is 1. The molecule has 2 aromatic carbocycles. The Morgan fingerprint density at radius 2 is 1.79 bits per heavy atom. The third-order valence-electron chi connectivity index (χ3n) is 4.56. The van der Waals surface area contributed by atoms with Gasteiger partial charge in [-0.25, -0.2) is 4.52 Å². The number of rotatable bonds is 2. The van der Waals surface area contributed by atoms with Crippen molar-refractivity contribution in [2.24, 2.45) is 0 Å². The lowest BCUT2D eigenvalue weighted by Gasteiger charge is -2.03. The highest BCUT2D eigenvalue weighted by Gasteiger charge is 2.18. The van der Waals surface area contributed by atoms with Gasteiger partial charge in [-0.15, -0.1) is 10.2 Å². The largest absolute Gasteiger partial charge is 0.502 e. The number of nitro groups is 1. The van der Waals surface area contributed by atoms with Crippen LogP contribution in [0.5, 0.6) is 5.75 Å². The lowest BCUT2D eigenvalue weighted by atomic mass is 10.1. The average Bonchev–Trinajstić information content (AvgIpc) is 3.14. The Kier molecular flexibility index (Phi) is 3.48. The Morgan fingerprint density at radius 1 is 1.07 bits per heavy atom. The molecule has 0 atom stereocenters. The molecule has 3 aromatic rings. The summed E-state index contributed by atoms with van der Waals surface area (Å²) in [4.78, 5) is 36.4. The first-order chi connectivity index (χ1) is 14.0. The van der Waals surface area contributed by atoms with E-state index in [1.165, 1.54) is 16.6 Å². The first-order valence-electron chi connectivity index (χ1n) is 8.26. The lowest BCUT2D eigenvalue weighted by Crippen LogP contribution is -2.17. The van der Waals surface area contributed by atoms with E-state index in [2.05, 4.69) is 15.3 Å². The smallest absolute Gasteiger partial charge is 0.311 e. The van der Waals surface area contributed by atoms with Crippen LogP contribution in [0.4, 0.5) is 5.69 Å². The summed E-state index contributed by atoms with van der Waals surface area (Å²) in [5.41, 5.74) is -0.810. The maximum absolute atomic E-state index is 12.9. The standard InChI is InChI=1S/C18H9N5O5S/c24-12-6-5-8(7-11(12)23(27)28)17-19-20-18-22(17)21-13-14(25)9-3-1-2-4-10(9)15(26)16(13)29-18/h1-7,21,24H. The molecule has 0 saturated heterocycles. The van der Waals surface area contributed by atoms with Gasteiger partial charge in [0.15, 0.2) is 11.6 Å². The molecule has 0 radical (unpaired) electrons. The fourth-order valence-corrected chi connectivity index (χ4v) is 4.12. The van der Waals surface area contributed by atoms with Crippen LogP contribution in [0.3, 0.4) is 0 Å². The quantitative estimate of drug-likeness (QED) is 0.336. The molecule has 2 N–H and O–H groups in total. The van der Waals surface area contributed by atoms with Crippen molar-refractivity contribution in [1.29, 1.82) is 0 Å². The Labute approximate surface area is 163 Å². The van der Waals surface area contributed by atoms with Crippen molar-refractivity contribution in [1.82, 2.24) is 19.8 Å². The topological polar surface area (TPSA) is 143 Å². The zero-order valence-electron chi connectivity index (χ0n) is 14.3. The van der Waals surface area contributed by atoms with Crippen LogP contribution in [0.25, 0.3) is 27.1 Å². The van der Waals surface area contributed by atoms with Gasteiger partial charge in [-0.3, -0.25) is 24.8 Å². The number of H-pyrrole nitrogens is 1. The maximum Gasteiger partial charge on any atom is 0.311 e. The van der Waals surface area contributed by atoms with Crippen molar-refractivity contribution in [3.63, 3.8) is 0 Å². The molecule has 142 valence electrons. The van der Waals surface area contributed by atoms with E-state index >= 15 is 0 Å². The second-order valence-electron chi connectivity index (χ2n) is 6.22. The molecule has 0 amide bonds. The molecule has 5 rings (SSSR count). The minimum atomic E-state index is -0.713. The summed E-state index contributed by atoms with van der Waals surface area (Å²) in [7, 11) is 0. The van der Waals surface area contributed by atoms with Crippen LogP contribution in [-0.4, -0.2) is 29.8 Å². The van der Waals surface area contributed by atoms with Crippen molar-refractivity contribution in [2.45, 2.75) is 0 Å². The van der Waals surface area contributed by atoms with Gasteiger partial charge in [-0.05, 0) is 12.1 Å². The molecule has 2 heterocycles. The number of fused-ring (bicyclic) bond motifs is 2. The fraction of sp³-hybridized carbons (Fsp3) is 0. The summed E-state index contributed by atoms with van der Waals surface area (Å²) in [6.07, 6.45) is 0. The van der Waals surface area contributed by atoms with Crippen molar-refractivity contribution < 1.29 is 10.0 Å². The summed E-state index contributed by atoms with van der Waals surface area (Å²) < 4.78 is 1.61. The molecular weight excluding hydrogens is 398 g/mol. The lowest BCUT2D eigenvalue weighted by molar-refractivity contribution is -0.385. The van der Waals surface area contributed by atoms with Crippen LogP contribution in [-0.2, 0) is 0 Å². The van der Waals surface area contributed by atoms with Crippen LogP contribution in [0, 0.1) is 20.0 Å². The van der Waals surface area contributed by atoms with Gasteiger partial charge < -0.3 is 5.11 Å². The van der Waals surface area contributed by atoms with Gasteiger partial charge in [0.25, 0.3) is 0 Å². The SMILES string of the molecule is O=c1c2[nH]n3c(-c4ccc(O)c([N+](=O)[O-])c4)nnc3sc=2c(=O)c2ccccc12. The van der Waals surface area contributed by atoms with Gasteiger partial charge in [-0.1, -0.05) is 35.6 Å². The maximum atomic E-state index is 12.9. The van der Waals surface area contributed by atoms with Crippen LogP contribution >= 0.6 is 11.3 Å². The molecule has 11 heteroatoms. The number of aromatic amines is 1. The Bertz CT molecular complexity index is 1650. The molecule has 0 unspecified atom stereocenters. The molecule has 0 saturated carbocycles. The first-order valence-corrected chi connectivity index (χ1v) is 9.08. The van der Waals surface area contributed by atoms with E-state index in [0.717, 1.165) is 17.4 Å². The van der Waals surface area contributed by atoms with Crippen LogP contribution < -0.4 is 10.9 Å². The van der Waals surface area contributed by atoms with Crippen molar-refractivity contribution >= 4 is 32.8 Å². The number of benzene rings is 2. The highest BCUT2D eigenvalue weighted by Crippen LogP contribution is 2.30. The molecule has 1 aliphatic heterocycles. The summed E-state index contributed by atoms with van der Waals surface area (Å²) >= 11 is 0.998. The second-order valence-corrected chi connectivity index (χ2v) is 7.20. The van der Waals surface area contributed by atoms with E-state index in [0.29, 0.717) is 21.3 Å². The zero-order valence-corrected chi connectivity index (χ0v) is 15.1. The van der Waals surface area contributed by atoms with Gasteiger partial charge >= 0.3 is 5.69 Å². The van der Waals surface area contributed by atoms with Gasteiger partial charge in [0.05, 0.1) is 4.92 Å². The average molecular weight is 407 g/mol. The van der Waals surface area contributed by atoms with Gasteiger partial charge in [0, 0.05) is 22.4 Å². The molecular formula is C18H9N5O5S. The van der Waals surface area contributed by atoms with Crippen molar-refractivity contribution in [3.8, 4) is 17.1 Å². The monoisotopic (exact) mass is 407 g/mol. The number of nitrogens with one attached hydrogen (secondary N) is 1. The summed E-state index contributed by atoms with van der Waals surface area (Å²) in [5, 5.41) is 32.4. The predicted molar refractivity (Wildman–Crippen MR) is 104 cm³/mol. The normalized spacial score (nSPS) is 11.4. The molecule has 29 heavy (non-hydrogen) atoms. The van der Waals surface area contributed by atoms with E-state index in [-0.39, 0.29) is 26.6 Å². The Balaban J connectivity index is 1.89. The number of nitrogens with zero attached hydrogens (tertiary/aromatic N) is 4. The van der Waals surface area contributed by atoms with E-state index in [9.17, 15) is 24.8 Å². The third-order valence-corrected chi connectivity index (χ3v) is 5.60. The fourth-order valence-electron chi connectivity index (χ4n) is 3.19. The molecule has 0 bridgehead atoms. The van der Waals surface area contributed by atoms with Crippen LogP contribution in [0.1, 0.15) is 0 Å². The number of hydrogen-bond donors (Lipinski definition) is 2. The molecule has 10 nitrogen and oxygen atoms in total. The molecule has 1 aromatic heterocycles. The van der Waals surface area contributed by atoms with Crippen LogP contribution in [0.2, 0.25) is 0 Å². The van der Waals surface area contributed by atoms with Gasteiger partial charge in [-0.2, -0.15) is 0 Å². The molecule has 2 aliphatic rings. The highest BCUT2D eigenvalue weighted by molar-refractivity contribution is 7.14. The number of hydrogen-bond acceptors (Lipinski definition) is 8. The first kappa shape index (κ1) is 17.0. The second kappa shape index (κ2) is 5.94. The van der Waals surface area contributed by atoms with Crippen LogP contribution in [0.15, 0.2) is 52.1 Å². The number of nitro benzene ring substituents is 1. The van der Waals surface area contributed by atoms with E-state index in [1.54, 1.807) is 24.3 Å². The minimum absolute atomic E-state index is 0.0977. The predicted octanol–water partition coefficient (Wildman–Crippen LogP) is 2.00. The van der Waals surface area contributed by atoms with Gasteiger partial charge in [0.1, 0.15) is 9.88 Å². The Hall–Kier alpha value is -4.12. The van der Waals surface area contributed by atoms with Crippen molar-refractivity contribution in [3.05, 3.63) is 82.9 Å². The highest BCUT2D eigenvalue weighted by atomic mass is 32.1. The summed E-state index contributed by atoms with van der Waals surface area (Å²) in [6.45, 7) is 0. The van der Waals surface area contributed by atoms with Crippen molar-refractivity contribution in [2.75, 3.05) is 0 Å². The summed E-state index contributed by atoms with van der Waals surface area (Å²) in [6, 6.07) is 10.3. The summed E-state index contributed by atoms with van der Waals surface area (Å²) in [5.74, 6) is -0.282. The Morgan fingerprint density at radius 3 is 2.52 bits per heavy atom. The third kappa shape index (κ3) is 2.41. The van der Waals surface area contributed by atoms with E-state index in [4.69, 9.17) is 0 Å². The number of phenols is 1. The molecule has 0 spiro atoms. The number of phenolic OH excluding ortho intramolecular Hbond substituents is 1.